The van der Waals surface area contributed by atoms with Gasteiger partial charge in [0.2, 0.25) is 0 Å². The lowest BCUT2D eigenvalue weighted by atomic mass is 10.0. The molecule has 1 aliphatic carbocycles. The van der Waals surface area contributed by atoms with Gasteiger partial charge in [0.1, 0.15) is 0 Å². The van der Waals surface area contributed by atoms with Gasteiger partial charge in [-0.1, -0.05) is 31.9 Å². The Hall–Kier alpha value is -1.42. The lowest BCUT2D eigenvalue weighted by Gasteiger charge is -2.16. The van der Waals surface area contributed by atoms with Crippen LogP contribution in [0.4, 0.5) is 5.69 Å². The van der Waals surface area contributed by atoms with E-state index in [2.05, 4.69) is 12.2 Å². The molecule has 20 heavy (non-hydrogen) atoms. The first-order chi connectivity index (χ1) is 9.56. The van der Waals surface area contributed by atoms with E-state index in [1.54, 1.807) is 13.0 Å². The summed E-state index contributed by atoms with van der Waals surface area (Å²) >= 11 is 0. The molecule has 0 amide bonds. The predicted octanol–water partition coefficient (Wildman–Crippen LogP) is 3.96. The second kappa shape index (κ2) is 6.84. The highest BCUT2D eigenvalue weighted by Gasteiger charge is 2.16. The largest absolute Gasteiger partial charge is 0.310 e. The standard InChI is InChI=1S/C16H24N2O2/c1-12-4-3-5-15(9-6-12)17-11-14-8-7-13(2)16(10-14)18(19)20/h7-8,10,12,15,17H,3-6,9,11H2,1-2H3. The second-order valence-corrected chi connectivity index (χ2v) is 6.07. The Morgan fingerprint density at radius 1 is 1.30 bits per heavy atom. The number of nitrogens with one attached hydrogen (secondary N) is 1. The van der Waals surface area contributed by atoms with Gasteiger partial charge in [-0.3, -0.25) is 10.1 Å². The van der Waals surface area contributed by atoms with E-state index in [4.69, 9.17) is 0 Å². The third kappa shape index (κ3) is 4.04. The fourth-order valence-electron chi connectivity index (χ4n) is 2.92. The SMILES string of the molecule is Cc1ccc(CNC2CCCC(C)CC2)cc1[N+](=O)[O-]. The van der Waals surface area contributed by atoms with Crippen molar-refractivity contribution in [2.45, 2.75) is 58.5 Å². The van der Waals surface area contributed by atoms with Gasteiger partial charge in [-0.25, -0.2) is 0 Å². The summed E-state index contributed by atoms with van der Waals surface area (Å²) in [5.74, 6) is 0.835. The predicted molar refractivity (Wildman–Crippen MR) is 80.7 cm³/mol. The van der Waals surface area contributed by atoms with Crippen LogP contribution in [0.5, 0.6) is 0 Å². The Balaban J connectivity index is 1.93. The van der Waals surface area contributed by atoms with Crippen LogP contribution in [0.2, 0.25) is 0 Å². The maximum absolute atomic E-state index is 10.9. The molecule has 0 aromatic heterocycles. The van der Waals surface area contributed by atoms with Gasteiger partial charge in [0.05, 0.1) is 4.92 Å². The molecular weight excluding hydrogens is 252 g/mol. The number of hydrogen-bond donors (Lipinski definition) is 1. The van der Waals surface area contributed by atoms with E-state index in [1.807, 2.05) is 12.1 Å². The third-order valence-corrected chi connectivity index (χ3v) is 4.32. The Kier molecular flexibility index (Phi) is 5.12. The number of nitro groups is 1. The molecular formula is C16H24N2O2. The van der Waals surface area contributed by atoms with Crippen LogP contribution >= 0.6 is 0 Å². The summed E-state index contributed by atoms with van der Waals surface area (Å²) in [7, 11) is 0. The summed E-state index contributed by atoms with van der Waals surface area (Å²) < 4.78 is 0. The number of rotatable bonds is 4. The first kappa shape index (κ1) is 15.0. The summed E-state index contributed by atoms with van der Waals surface area (Å²) in [6.07, 6.45) is 6.33. The molecule has 1 aromatic rings. The molecule has 0 saturated heterocycles. The van der Waals surface area contributed by atoms with E-state index in [0.29, 0.717) is 6.04 Å². The molecule has 2 atom stereocenters. The fraction of sp³-hybridized carbons (Fsp3) is 0.625. The van der Waals surface area contributed by atoms with Crippen molar-refractivity contribution >= 4 is 5.69 Å². The number of nitro benzene ring substituents is 1. The normalized spacial score (nSPS) is 23.3. The minimum Gasteiger partial charge on any atom is -0.310 e. The van der Waals surface area contributed by atoms with Crippen LogP contribution in [-0.4, -0.2) is 11.0 Å². The van der Waals surface area contributed by atoms with Crippen LogP contribution in [0, 0.1) is 23.0 Å². The molecule has 110 valence electrons. The van der Waals surface area contributed by atoms with E-state index < -0.39 is 0 Å². The first-order valence-electron chi connectivity index (χ1n) is 7.53. The van der Waals surface area contributed by atoms with Crippen LogP contribution in [0.25, 0.3) is 0 Å². The maximum Gasteiger partial charge on any atom is 0.272 e. The average molecular weight is 276 g/mol. The second-order valence-electron chi connectivity index (χ2n) is 6.07. The van der Waals surface area contributed by atoms with E-state index in [-0.39, 0.29) is 10.6 Å². The quantitative estimate of drug-likeness (QED) is 0.514. The number of benzene rings is 1. The summed E-state index contributed by atoms with van der Waals surface area (Å²) in [4.78, 5) is 10.6. The van der Waals surface area contributed by atoms with Crippen molar-refractivity contribution in [2.75, 3.05) is 0 Å². The van der Waals surface area contributed by atoms with Gasteiger partial charge in [0.25, 0.3) is 5.69 Å². The van der Waals surface area contributed by atoms with E-state index in [1.165, 1.54) is 32.1 Å². The lowest BCUT2D eigenvalue weighted by Crippen LogP contribution is -2.28. The summed E-state index contributed by atoms with van der Waals surface area (Å²) in [6.45, 7) is 4.83. The Bertz CT molecular complexity index is 474. The van der Waals surface area contributed by atoms with Crippen molar-refractivity contribution in [3.8, 4) is 0 Å². The highest BCUT2D eigenvalue weighted by Crippen LogP contribution is 2.23. The summed E-state index contributed by atoms with van der Waals surface area (Å²) in [5.41, 5.74) is 1.94. The molecule has 2 unspecified atom stereocenters. The molecule has 0 heterocycles. The summed E-state index contributed by atoms with van der Waals surface area (Å²) in [5, 5.41) is 14.5. The topological polar surface area (TPSA) is 55.2 Å². The Morgan fingerprint density at radius 3 is 2.85 bits per heavy atom. The molecule has 1 aliphatic rings. The molecule has 0 spiro atoms. The number of hydrogen-bond acceptors (Lipinski definition) is 3. The molecule has 1 N–H and O–H groups in total. The monoisotopic (exact) mass is 276 g/mol. The van der Waals surface area contributed by atoms with Crippen molar-refractivity contribution in [2.24, 2.45) is 5.92 Å². The van der Waals surface area contributed by atoms with Crippen LogP contribution in [0.1, 0.15) is 50.2 Å². The number of nitrogens with zero attached hydrogens (tertiary/aromatic N) is 1. The maximum atomic E-state index is 10.9. The Labute approximate surface area is 120 Å². The Morgan fingerprint density at radius 2 is 2.10 bits per heavy atom. The molecule has 0 radical (unpaired) electrons. The molecule has 0 aliphatic heterocycles. The van der Waals surface area contributed by atoms with Gasteiger partial charge in [-0.05, 0) is 37.7 Å². The van der Waals surface area contributed by atoms with E-state index >= 15 is 0 Å². The van der Waals surface area contributed by atoms with Gasteiger partial charge in [-0.15, -0.1) is 0 Å². The van der Waals surface area contributed by atoms with Crippen molar-refractivity contribution in [1.82, 2.24) is 5.32 Å². The molecule has 4 heteroatoms. The number of aryl methyl sites for hydroxylation is 1. The smallest absolute Gasteiger partial charge is 0.272 e. The highest BCUT2D eigenvalue weighted by molar-refractivity contribution is 5.42. The molecule has 2 rings (SSSR count). The van der Waals surface area contributed by atoms with Crippen molar-refractivity contribution in [1.29, 1.82) is 0 Å². The molecule has 1 fully saturated rings. The molecule has 1 saturated carbocycles. The van der Waals surface area contributed by atoms with Crippen LogP contribution in [0.3, 0.4) is 0 Å². The van der Waals surface area contributed by atoms with Crippen LogP contribution < -0.4 is 5.32 Å². The minimum absolute atomic E-state index is 0.221. The lowest BCUT2D eigenvalue weighted by molar-refractivity contribution is -0.385. The van der Waals surface area contributed by atoms with Gasteiger partial charge in [0.15, 0.2) is 0 Å². The van der Waals surface area contributed by atoms with E-state index in [0.717, 1.165) is 23.6 Å². The van der Waals surface area contributed by atoms with Gasteiger partial charge < -0.3 is 5.32 Å². The first-order valence-corrected chi connectivity index (χ1v) is 7.53. The molecule has 0 bridgehead atoms. The average Bonchev–Trinajstić information content (AvgIpc) is 2.62. The highest BCUT2D eigenvalue weighted by atomic mass is 16.6. The molecule has 4 nitrogen and oxygen atoms in total. The van der Waals surface area contributed by atoms with Crippen LogP contribution in [0.15, 0.2) is 18.2 Å². The minimum atomic E-state index is -0.299. The zero-order valence-electron chi connectivity index (χ0n) is 12.4. The van der Waals surface area contributed by atoms with Gasteiger partial charge >= 0.3 is 0 Å². The third-order valence-electron chi connectivity index (χ3n) is 4.32. The van der Waals surface area contributed by atoms with Gasteiger partial charge in [-0.2, -0.15) is 0 Å². The van der Waals surface area contributed by atoms with Crippen LogP contribution in [-0.2, 0) is 6.54 Å². The summed E-state index contributed by atoms with van der Waals surface area (Å²) in [6, 6.07) is 6.07. The van der Waals surface area contributed by atoms with Crippen molar-refractivity contribution in [3.63, 3.8) is 0 Å². The molecule has 1 aromatic carbocycles. The van der Waals surface area contributed by atoms with Crippen molar-refractivity contribution < 1.29 is 4.92 Å². The zero-order valence-corrected chi connectivity index (χ0v) is 12.4. The zero-order chi connectivity index (χ0) is 14.5. The van der Waals surface area contributed by atoms with Crippen molar-refractivity contribution in [3.05, 3.63) is 39.4 Å². The van der Waals surface area contributed by atoms with E-state index in [9.17, 15) is 10.1 Å². The fourth-order valence-corrected chi connectivity index (χ4v) is 2.92. The van der Waals surface area contributed by atoms with Gasteiger partial charge in [0, 0.05) is 24.2 Å².